The predicted molar refractivity (Wildman–Crippen MR) is 60.6 cm³/mol. The minimum Gasteiger partial charge on any atom is -0.382 e. The molecule has 0 aromatic rings. The van der Waals surface area contributed by atoms with Crippen LogP contribution in [0.15, 0.2) is 11.6 Å². The van der Waals surface area contributed by atoms with Crippen molar-refractivity contribution in [2.45, 2.75) is 51.2 Å². The second kappa shape index (κ2) is 3.33. The van der Waals surface area contributed by atoms with E-state index in [9.17, 15) is 5.11 Å². The first-order valence-corrected chi connectivity index (χ1v) is 5.92. The van der Waals surface area contributed by atoms with Gasteiger partial charge in [0.05, 0.1) is 0 Å². The highest BCUT2D eigenvalue weighted by Gasteiger charge is 2.58. The lowest BCUT2D eigenvalue weighted by molar-refractivity contribution is -0.166. The van der Waals surface area contributed by atoms with E-state index in [0.29, 0.717) is 5.92 Å². The van der Waals surface area contributed by atoms with Crippen LogP contribution in [0.5, 0.6) is 0 Å². The van der Waals surface area contributed by atoms with Gasteiger partial charge in [-0.3, -0.25) is 0 Å². The van der Waals surface area contributed by atoms with E-state index in [1.54, 1.807) is 7.11 Å². The van der Waals surface area contributed by atoms with E-state index in [0.717, 1.165) is 19.3 Å². The molecule has 1 N–H and O–H groups in total. The second-order valence-electron chi connectivity index (χ2n) is 5.51. The van der Waals surface area contributed by atoms with Gasteiger partial charge in [0.2, 0.25) is 0 Å². The monoisotopic (exact) mass is 210 g/mol. The Balaban J connectivity index is 2.47. The zero-order valence-corrected chi connectivity index (χ0v) is 10.2. The maximum Gasteiger partial charge on any atom is 0.114 e. The molecule has 2 aliphatic rings. The molecule has 15 heavy (non-hydrogen) atoms. The Hall–Kier alpha value is -0.340. The Morgan fingerprint density at radius 2 is 2.20 bits per heavy atom. The summed E-state index contributed by atoms with van der Waals surface area (Å²) in [7, 11) is 1.74. The van der Waals surface area contributed by atoms with E-state index >= 15 is 0 Å². The average molecular weight is 210 g/mol. The third-order valence-corrected chi connectivity index (χ3v) is 4.57. The van der Waals surface area contributed by atoms with Crippen molar-refractivity contribution in [1.29, 1.82) is 0 Å². The third kappa shape index (κ3) is 1.31. The molecule has 0 spiro atoms. The number of fused-ring (bicyclic) bond motifs is 2. The van der Waals surface area contributed by atoms with Gasteiger partial charge in [0.25, 0.3) is 0 Å². The molecular formula is C13H22O2. The van der Waals surface area contributed by atoms with E-state index in [1.807, 2.05) is 0 Å². The van der Waals surface area contributed by atoms with Crippen LogP contribution in [-0.4, -0.2) is 23.4 Å². The first kappa shape index (κ1) is 11.2. The summed E-state index contributed by atoms with van der Waals surface area (Å²) in [5.41, 5.74) is 0.237. The number of aliphatic hydroxyl groups is 1. The van der Waals surface area contributed by atoms with Gasteiger partial charge in [0.1, 0.15) is 11.2 Å². The predicted octanol–water partition coefficient (Wildman–Crippen LogP) is 2.52. The zero-order valence-electron chi connectivity index (χ0n) is 10.2. The van der Waals surface area contributed by atoms with Crippen LogP contribution in [0.2, 0.25) is 0 Å². The topological polar surface area (TPSA) is 29.5 Å². The molecule has 2 heteroatoms. The number of allylic oxidation sites excluding steroid dienone is 1. The van der Waals surface area contributed by atoms with Gasteiger partial charge in [-0.1, -0.05) is 25.5 Å². The van der Waals surface area contributed by atoms with Gasteiger partial charge >= 0.3 is 0 Å². The summed E-state index contributed by atoms with van der Waals surface area (Å²) >= 11 is 0. The van der Waals surface area contributed by atoms with E-state index in [1.165, 1.54) is 5.57 Å². The third-order valence-electron chi connectivity index (χ3n) is 4.57. The summed E-state index contributed by atoms with van der Waals surface area (Å²) in [6, 6.07) is 0. The molecule has 2 bridgehead atoms. The minimum atomic E-state index is -0.779. The van der Waals surface area contributed by atoms with E-state index < -0.39 is 5.60 Å². The Labute approximate surface area is 92.3 Å². The van der Waals surface area contributed by atoms with E-state index in [4.69, 9.17) is 4.74 Å². The molecule has 0 amide bonds. The fourth-order valence-corrected chi connectivity index (χ4v) is 3.40. The van der Waals surface area contributed by atoms with Crippen molar-refractivity contribution in [3.8, 4) is 0 Å². The molecule has 0 aromatic carbocycles. The van der Waals surface area contributed by atoms with Crippen molar-refractivity contribution in [1.82, 2.24) is 0 Å². The van der Waals surface area contributed by atoms with E-state index in [-0.39, 0.29) is 11.5 Å². The van der Waals surface area contributed by atoms with Crippen LogP contribution in [0.25, 0.3) is 0 Å². The minimum absolute atomic E-state index is 0.200. The molecule has 0 unspecified atom stereocenters. The summed E-state index contributed by atoms with van der Waals surface area (Å²) in [4.78, 5) is 0. The molecule has 1 saturated carbocycles. The van der Waals surface area contributed by atoms with Gasteiger partial charge in [-0.05, 0) is 38.0 Å². The van der Waals surface area contributed by atoms with Crippen molar-refractivity contribution < 1.29 is 9.84 Å². The fraction of sp³-hybridized carbons (Fsp3) is 0.846. The lowest BCUT2D eigenvalue weighted by atomic mass is 9.69. The van der Waals surface area contributed by atoms with Crippen molar-refractivity contribution in [3.63, 3.8) is 0 Å². The van der Waals surface area contributed by atoms with Crippen LogP contribution in [0, 0.1) is 11.8 Å². The normalized spacial score (nSPS) is 44.7. The SMILES string of the molecule is CO[C@@]12CC[C@@H](C1)C(C)=C[C@@]2(O)C(C)C. The average Bonchev–Trinajstić information content (AvgIpc) is 2.58. The maximum absolute atomic E-state index is 10.9. The molecule has 0 aliphatic heterocycles. The first-order valence-electron chi connectivity index (χ1n) is 5.92. The van der Waals surface area contributed by atoms with Crippen LogP contribution in [-0.2, 0) is 4.74 Å². The van der Waals surface area contributed by atoms with Gasteiger partial charge in [-0.25, -0.2) is 0 Å². The van der Waals surface area contributed by atoms with Gasteiger partial charge in [-0.2, -0.15) is 0 Å². The summed E-state index contributed by atoms with van der Waals surface area (Å²) in [6.45, 7) is 6.29. The molecule has 0 saturated heterocycles. The smallest absolute Gasteiger partial charge is 0.114 e. The van der Waals surface area contributed by atoms with Gasteiger partial charge in [0, 0.05) is 7.11 Å². The molecule has 86 valence electrons. The standard InChI is InChI=1S/C13H22O2/c1-9(2)13(14)7-10(3)11-5-6-12(13,8-11)15-4/h7,9,11,14H,5-6,8H2,1-4H3/t11-,12-,13+/m0/s1. The highest BCUT2D eigenvalue weighted by molar-refractivity contribution is 5.29. The van der Waals surface area contributed by atoms with Crippen molar-refractivity contribution in [3.05, 3.63) is 11.6 Å². The van der Waals surface area contributed by atoms with Gasteiger partial charge < -0.3 is 9.84 Å². The van der Waals surface area contributed by atoms with Crippen LogP contribution < -0.4 is 0 Å². The Kier molecular flexibility index (Phi) is 2.47. The number of ether oxygens (including phenoxy) is 1. The molecular weight excluding hydrogens is 188 g/mol. The molecule has 3 atom stereocenters. The Bertz CT molecular complexity index is 295. The van der Waals surface area contributed by atoms with Crippen LogP contribution in [0.4, 0.5) is 0 Å². The number of methoxy groups -OCH3 is 1. The van der Waals surface area contributed by atoms with E-state index in [2.05, 4.69) is 26.8 Å². The Morgan fingerprint density at radius 1 is 1.53 bits per heavy atom. The summed E-state index contributed by atoms with van der Waals surface area (Å²) < 4.78 is 5.70. The van der Waals surface area contributed by atoms with Crippen LogP contribution >= 0.6 is 0 Å². The molecule has 0 aromatic heterocycles. The first-order chi connectivity index (χ1) is 6.95. The number of hydrogen-bond donors (Lipinski definition) is 1. The lowest BCUT2D eigenvalue weighted by Crippen LogP contribution is -2.57. The lowest BCUT2D eigenvalue weighted by Gasteiger charge is -2.47. The summed E-state index contributed by atoms with van der Waals surface area (Å²) in [6.07, 6.45) is 5.19. The molecule has 2 nitrogen and oxygen atoms in total. The molecule has 2 aliphatic carbocycles. The maximum atomic E-state index is 10.9. The Morgan fingerprint density at radius 3 is 2.73 bits per heavy atom. The molecule has 0 heterocycles. The highest BCUT2D eigenvalue weighted by atomic mass is 16.5. The molecule has 2 rings (SSSR count). The van der Waals surface area contributed by atoms with Crippen LogP contribution in [0.3, 0.4) is 0 Å². The fourth-order valence-electron chi connectivity index (χ4n) is 3.40. The van der Waals surface area contributed by atoms with Gasteiger partial charge in [-0.15, -0.1) is 0 Å². The molecule has 0 radical (unpaired) electrons. The largest absolute Gasteiger partial charge is 0.382 e. The van der Waals surface area contributed by atoms with Crippen molar-refractivity contribution in [2.75, 3.05) is 7.11 Å². The summed E-state index contributed by atoms with van der Waals surface area (Å²) in [5.74, 6) is 0.829. The zero-order chi connectivity index (χ0) is 11.3. The van der Waals surface area contributed by atoms with Crippen LogP contribution in [0.1, 0.15) is 40.0 Å². The highest BCUT2D eigenvalue weighted by Crippen LogP contribution is 2.53. The van der Waals surface area contributed by atoms with Gasteiger partial charge in [0.15, 0.2) is 0 Å². The van der Waals surface area contributed by atoms with Crippen molar-refractivity contribution in [2.24, 2.45) is 11.8 Å². The summed E-state index contributed by atoms with van der Waals surface area (Å²) in [5, 5.41) is 10.9. The number of rotatable bonds is 2. The van der Waals surface area contributed by atoms with Crippen molar-refractivity contribution >= 4 is 0 Å². The molecule has 1 fully saturated rings. The second-order valence-corrected chi connectivity index (χ2v) is 5.51. The quantitative estimate of drug-likeness (QED) is 0.710. The number of hydrogen-bond acceptors (Lipinski definition) is 2.